The SMILES string of the molecule is COc1cc(C=Nc2ccccc2)cc(Br)c1OCc1ccccc1Cl. The third-order valence-corrected chi connectivity index (χ3v) is 4.66. The highest BCUT2D eigenvalue weighted by atomic mass is 79.9. The molecule has 3 aromatic carbocycles. The minimum Gasteiger partial charge on any atom is -0.493 e. The Bertz CT molecular complexity index is 913. The zero-order chi connectivity index (χ0) is 18.4. The maximum absolute atomic E-state index is 6.19. The number of benzene rings is 3. The lowest BCUT2D eigenvalue weighted by atomic mass is 10.2. The average Bonchev–Trinajstić information content (AvgIpc) is 2.67. The molecule has 0 heterocycles. The molecular weight excluding hydrogens is 414 g/mol. The van der Waals surface area contributed by atoms with E-state index in [-0.39, 0.29) is 0 Å². The van der Waals surface area contributed by atoms with Crippen molar-refractivity contribution in [2.75, 3.05) is 7.11 Å². The number of methoxy groups -OCH3 is 1. The molecule has 0 aliphatic heterocycles. The predicted molar refractivity (Wildman–Crippen MR) is 110 cm³/mol. The molecule has 0 fully saturated rings. The van der Waals surface area contributed by atoms with E-state index in [1.807, 2.05) is 66.7 Å². The van der Waals surface area contributed by atoms with E-state index >= 15 is 0 Å². The number of rotatable bonds is 6. The van der Waals surface area contributed by atoms with Crippen molar-refractivity contribution in [3.8, 4) is 11.5 Å². The third-order valence-electron chi connectivity index (χ3n) is 3.70. The van der Waals surface area contributed by atoms with Gasteiger partial charge in [0.1, 0.15) is 6.61 Å². The topological polar surface area (TPSA) is 30.8 Å². The molecule has 0 amide bonds. The van der Waals surface area contributed by atoms with Crippen molar-refractivity contribution >= 4 is 39.4 Å². The van der Waals surface area contributed by atoms with Gasteiger partial charge in [0.15, 0.2) is 11.5 Å². The molecule has 3 rings (SSSR count). The summed E-state index contributed by atoms with van der Waals surface area (Å²) in [6.45, 7) is 0.353. The zero-order valence-electron chi connectivity index (χ0n) is 14.2. The number of halogens is 2. The molecule has 0 aliphatic rings. The number of aliphatic imine (C=N–C) groups is 1. The molecule has 0 spiro atoms. The molecule has 132 valence electrons. The number of para-hydroxylation sites is 1. The van der Waals surface area contributed by atoms with E-state index in [9.17, 15) is 0 Å². The molecule has 0 saturated heterocycles. The second-order valence-electron chi connectivity index (χ2n) is 5.51. The van der Waals surface area contributed by atoms with E-state index in [0.717, 1.165) is 21.3 Å². The summed E-state index contributed by atoms with van der Waals surface area (Å²) in [7, 11) is 1.61. The van der Waals surface area contributed by atoms with E-state index < -0.39 is 0 Å². The molecule has 0 unspecified atom stereocenters. The van der Waals surface area contributed by atoms with Gasteiger partial charge in [-0.3, -0.25) is 4.99 Å². The summed E-state index contributed by atoms with van der Waals surface area (Å²) in [6.07, 6.45) is 1.79. The third kappa shape index (κ3) is 4.65. The molecule has 3 aromatic rings. The highest BCUT2D eigenvalue weighted by Gasteiger charge is 2.12. The number of nitrogens with zero attached hydrogens (tertiary/aromatic N) is 1. The first-order chi connectivity index (χ1) is 12.7. The Hall–Kier alpha value is -2.30. The summed E-state index contributed by atoms with van der Waals surface area (Å²) < 4.78 is 12.2. The van der Waals surface area contributed by atoms with Gasteiger partial charge in [-0.2, -0.15) is 0 Å². The largest absolute Gasteiger partial charge is 0.493 e. The van der Waals surface area contributed by atoms with Gasteiger partial charge in [-0.05, 0) is 51.8 Å². The van der Waals surface area contributed by atoms with Crippen LogP contribution in [0.15, 0.2) is 76.2 Å². The van der Waals surface area contributed by atoms with Gasteiger partial charge in [0.05, 0.1) is 17.3 Å². The quantitative estimate of drug-likeness (QED) is 0.421. The summed E-state index contributed by atoms with van der Waals surface area (Å²) in [4.78, 5) is 4.47. The fraction of sp³-hybridized carbons (Fsp3) is 0.0952. The van der Waals surface area contributed by atoms with Gasteiger partial charge in [-0.25, -0.2) is 0 Å². The van der Waals surface area contributed by atoms with E-state index in [4.69, 9.17) is 21.1 Å². The number of hydrogen-bond donors (Lipinski definition) is 0. The van der Waals surface area contributed by atoms with Crippen LogP contribution in [0.1, 0.15) is 11.1 Å². The van der Waals surface area contributed by atoms with Crippen LogP contribution in [0.2, 0.25) is 5.02 Å². The summed E-state index contributed by atoms with van der Waals surface area (Å²) >= 11 is 9.75. The van der Waals surface area contributed by atoms with E-state index in [1.165, 1.54) is 0 Å². The molecule has 0 radical (unpaired) electrons. The minimum atomic E-state index is 0.353. The van der Waals surface area contributed by atoms with Crippen molar-refractivity contribution in [1.29, 1.82) is 0 Å². The monoisotopic (exact) mass is 429 g/mol. The predicted octanol–water partition coefficient (Wildman–Crippen LogP) is 6.44. The first kappa shape index (κ1) is 18.5. The van der Waals surface area contributed by atoms with Gasteiger partial charge in [-0.15, -0.1) is 0 Å². The Morgan fingerprint density at radius 3 is 2.50 bits per heavy atom. The molecule has 0 aromatic heterocycles. The smallest absolute Gasteiger partial charge is 0.175 e. The molecule has 0 aliphatic carbocycles. The summed E-state index contributed by atoms with van der Waals surface area (Å²) in [5.41, 5.74) is 2.71. The standard InChI is InChI=1S/C21H17BrClNO2/c1-25-20-12-15(13-24-17-8-3-2-4-9-17)11-18(22)21(20)26-14-16-7-5-6-10-19(16)23/h2-13H,14H2,1H3. The Labute approximate surface area is 166 Å². The second kappa shape index (κ2) is 8.88. The van der Waals surface area contributed by atoms with Crippen LogP contribution in [0.25, 0.3) is 0 Å². The molecular formula is C21H17BrClNO2. The maximum atomic E-state index is 6.19. The molecule has 0 saturated carbocycles. The molecule has 0 N–H and O–H groups in total. The fourth-order valence-corrected chi connectivity index (χ4v) is 3.15. The Kier molecular flexibility index (Phi) is 6.31. The lowest BCUT2D eigenvalue weighted by Gasteiger charge is -2.14. The van der Waals surface area contributed by atoms with Crippen molar-refractivity contribution in [2.24, 2.45) is 4.99 Å². The average molecular weight is 431 g/mol. The summed E-state index contributed by atoms with van der Waals surface area (Å²) in [5.74, 6) is 1.25. The van der Waals surface area contributed by atoms with E-state index in [0.29, 0.717) is 23.1 Å². The fourth-order valence-electron chi connectivity index (χ4n) is 2.38. The second-order valence-corrected chi connectivity index (χ2v) is 6.77. The van der Waals surface area contributed by atoms with Crippen molar-refractivity contribution in [3.63, 3.8) is 0 Å². The lowest BCUT2D eigenvalue weighted by molar-refractivity contribution is 0.282. The van der Waals surface area contributed by atoms with Crippen molar-refractivity contribution < 1.29 is 9.47 Å². The first-order valence-corrected chi connectivity index (χ1v) is 9.17. The van der Waals surface area contributed by atoms with Gasteiger partial charge < -0.3 is 9.47 Å². The van der Waals surface area contributed by atoms with Crippen LogP contribution in [0.3, 0.4) is 0 Å². The normalized spacial score (nSPS) is 10.9. The molecule has 0 bridgehead atoms. The lowest BCUT2D eigenvalue weighted by Crippen LogP contribution is -2.00. The molecule has 5 heteroatoms. The minimum absolute atomic E-state index is 0.353. The highest BCUT2D eigenvalue weighted by molar-refractivity contribution is 9.10. The molecule has 3 nitrogen and oxygen atoms in total. The first-order valence-electron chi connectivity index (χ1n) is 8.00. The van der Waals surface area contributed by atoms with E-state index in [1.54, 1.807) is 13.3 Å². The van der Waals surface area contributed by atoms with Crippen molar-refractivity contribution in [3.05, 3.63) is 87.4 Å². The van der Waals surface area contributed by atoms with Crippen LogP contribution in [0, 0.1) is 0 Å². The zero-order valence-corrected chi connectivity index (χ0v) is 16.5. The summed E-state index contributed by atoms with van der Waals surface area (Å²) in [5, 5.41) is 0.675. The number of hydrogen-bond acceptors (Lipinski definition) is 3. The van der Waals surface area contributed by atoms with E-state index in [2.05, 4.69) is 20.9 Å². The van der Waals surface area contributed by atoms with Crippen LogP contribution in [-0.4, -0.2) is 13.3 Å². The van der Waals surface area contributed by atoms with Crippen LogP contribution >= 0.6 is 27.5 Å². The van der Waals surface area contributed by atoms with Crippen LogP contribution in [0.4, 0.5) is 5.69 Å². The number of ether oxygens (including phenoxy) is 2. The summed E-state index contributed by atoms with van der Waals surface area (Å²) in [6, 6.07) is 21.2. The van der Waals surface area contributed by atoms with Crippen LogP contribution in [0.5, 0.6) is 11.5 Å². The van der Waals surface area contributed by atoms with Gasteiger partial charge in [0.25, 0.3) is 0 Å². The van der Waals surface area contributed by atoms with Gasteiger partial charge in [0.2, 0.25) is 0 Å². The Morgan fingerprint density at radius 2 is 1.77 bits per heavy atom. The van der Waals surface area contributed by atoms with Crippen LogP contribution < -0.4 is 9.47 Å². The molecule has 0 atom stereocenters. The molecule has 26 heavy (non-hydrogen) atoms. The van der Waals surface area contributed by atoms with Crippen molar-refractivity contribution in [1.82, 2.24) is 0 Å². The maximum Gasteiger partial charge on any atom is 0.175 e. The van der Waals surface area contributed by atoms with Crippen LogP contribution in [-0.2, 0) is 6.61 Å². The van der Waals surface area contributed by atoms with Gasteiger partial charge >= 0.3 is 0 Å². The highest BCUT2D eigenvalue weighted by Crippen LogP contribution is 2.37. The van der Waals surface area contributed by atoms with Gasteiger partial charge in [-0.1, -0.05) is 48.0 Å². The van der Waals surface area contributed by atoms with Gasteiger partial charge in [0, 0.05) is 16.8 Å². The Balaban J connectivity index is 1.81. The van der Waals surface area contributed by atoms with Crippen molar-refractivity contribution in [2.45, 2.75) is 6.61 Å². The Morgan fingerprint density at radius 1 is 1.04 bits per heavy atom.